The molecule has 1 fully saturated rings. The molecule has 1 aromatic heterocycles. The molecule has 146 valence electrons. The van der Waals surface area contributed by atoms with Gasteiger partial charge in [0.1, 0.15) is 10.7 Å². The van der Waals surface area contributed by atoms with Crippen LogP contribution in [-0.4, -0.2) is 62.2 Å². The van der Waals surface area contributed by atoms with Crippen molar-refractivity contribution in [2.24, 2.45) is 0 Å². The number of rotatable bonds is 7. The third-order valence-electron chi connectivity index (χ3n) is 5.04. The first kappa shape index (κ1) is 19.8. The van der Waals surface area contributed by atoms with Crippen molar-refractivity contribution in [2.75, 3.05) is 44.3 Å². The van der Waals surface area contributed by atoms with Gasteiger partial charge in [-0.15, -0.1) is 0 Å². The van der Waals surface area contributed by atoms with Gasteiger partial charge in [-0.1, -0.05) is 31.2 Å². The normalized spacial score (nSPS) is 16.4. The van der Waals surface area contributed by atoms with E-state index in [0.717, 1.165) is 39.3 Å². The van der Waals surface area contributed by atoms with E-state index < -0.39 is 9.84 Å². The Kier molecular flexibility index (Phi) is 6.46. The first-order valence-corrected chi connectivity index (χ1v) is 11.3. The van der Waals surface area contributed by atoms with E-state index in [1.54, 1.807) is 18.3 Å². The van der Waals surface area contributed by atoms with E-state index in [1.165, 1.54) is 17.4 Å². The van der Waals surface area contributed by atoms with Gasteiger partial charge in [0.2, 0.25) is 0 Å². The Morgan fingerprint density at radius 3 is 2.33 bits per heavy atom. The van der Waals surface area contributed by atoms with Crippen molar-refractivity contribution in [1.82, 2.24) is 14.8 Å². The molecule has 1 aromatic carbocycles. The third kappa shape index (κ3) is 5.28. The van der Waals surface area contributed by atoms with Gasteiger partial charge in [0, 0.05) is 51.7 Å². The maximum atomic E-state index is 12.0. The van der Waals surface area contributed by atoms with Crippen LogP contribution in [0.1, 0.15) is 18.1 Å². The highest BCUT2D eigenvalue weighted by Crippen LogP contribution is 2.20. The zero-order valence-electron chi connectivity index (χ0n) is 16.1. The number of anilines is 1. The summed E-state index contributed by atoms with van der Waals surface area (Å²) in [6, 6.07) is 11.6. The van der Waals surface area contributed by atoms with Gasteiger partial charge in [0.05, 0.1) is 0 Å². The lowest BCUT2D eigenvalue weighted by atomic mass is 10.1. The van der Waals surface area contributed by atoms with Gasteiger partial charge >= 0.3 is 0 Å². The average molecular weight is 389 g/mol. The highest BCUT2D eigenvalue weighted by atomic mass is 32.2. The highest BCUT2D eigenvalue weighted by molar-refractivity contribution is 7.90. The van der Waals surface area contributed by atoms with Crippen LogP contribution in [0.15, 0.2) is 47.5 Å². The molecule has 27 heavy (non-hydrogen) atoms. The second kappa shape index (κ2) is 8.82. The quantitative estimate of drug-likeness (QED) is 0.785. The lowest BCUT2D eigenvalue weighted by molar-refractivity contribution is 0.131. The Balaban J connectivity index is 1.69. The van der Waals surface area contributed by atoms with Gasteiger partial charge < -0.3 is 10.2 Å². The van der Waals surface area contributed by atoms with Crippen molar-refractivity contribution in [1.29, 1.82) is 0 Å². The molecule has 1 N–H and O–H groups in total. The molecule has 3 rings (SSSR count). The Labute approximate surface area is 162 Å². The van der Waals surface area contributed by atoms with Gasteiger partial charge in [-0.25, -0.2) is 13.4 Å². The number of nitrogens with zero attached hydrogens (tertiary/aromatic N) is 3. The fourth-order valence-electron chi connectivity index (χ4n) is 3.39. The van der Waals surface area contributed by atoms with E-state index in [1.807, 2.05) is 6.07 Å². The fraction of sp³-hybridized carbons (Fsp3) is 0.450. The number of piperazine rings is 1. The maximum absolute atomic E-state index is 12.0. The number of benzene rings is 1. The summed E-state index contributed by atoms with van der Waals surface area (Å²) < 4.78 is 23.9. The molecule has 2 heterocycles. The van der Waals surface area contributed by atoms with Crippen LogP contribution < -0.4 is 5.32 Å². The molecule has 1 aliphatic rings. The van der Waals surface area contributed by atoms with Crippen molar-refractivity contribution < 1.29 is 8.42 Å². The van der Waals surface area contributed by atoms with E-state index in [-0.39, 0.29) is 4.90 Å². The zero-order valence-corrected chi connectivity index (χ0v) is 16.9. The summed E-state index contributed by atoms with van der Waals surface area (Å²) in [5, 5.41) is 3.21. The largest absolute Gasteiger partial charge is 0.365 e. The van der Waals surface area contributed by atoms with Gasteiger partial charge in [-0.05, 0) is 29.8 Å². The second-order valence-electron chi connectivity index (χ2n) is 6.95. The van der Waals surface area contributed by atoms with Crippen LogP contribution in [0.5, 0.6) is 0 Å². The predicted molar refractivity (Wildman–Crippen MR) is 109 cm³/mol. The topological polar surface area (TPSA) is 65.5 Å². The minimum Gasteiger partial charge on any atom is -0.365 e. The number of likely N-dealkylation sites (N-methyl/N-ethyl adjacent to an activating group) is 1. The molecule has 0 atom stereocenters. The highest BCUT2D eigenvalue weighted by Gasteiger charge is 2.17. The number of sulfone groups is 1. The van der Waals surface area contributed by atoms with Crippen LogP contribution >= 0.6 is 0 Å². The molecule has 0 amide bonds. The van der Waals surface area contributed by atoms with E-state index in [4.69, 9.17) is 0 Å². The van der Waals surface area contributed by atoms with E-state index in [2.05, 4.69) is 45.2 Å². The third-order valence-corrected chi connectivity index (χ3v) is 6.17. The fourth-order valence-corrected chi connectivity index (χ4v) is 4.19. The van der Waals surface area contributed by atoms with Crippen LogP contribution in [0, 0.1) is 0 Å². The second-order valence-corrected chi connectivity index (χ2v) is 8.94. The number of aromatic nitrogens is 1. The van der Waals surface area contributed by atoms with Gasteiger partial charge in [0.15, 0.2) is 9.84 Å². The number of nitrogens with one attached hydrogen (secondary N) is 1. The number of hydrogen-bond donors (Lipinski definition) is 1. The van der Waals surface area contributed by atoms with Crippen molar-refractivity contribution in [3.63, 3.8) is 0 Å². The first-order chi connectivity index (χ1) is 13.0. The molecular formula is C20H28N4O2S. The molecule has 0 spiro atoms. The smallest absolute Gasteiger partial charge is 0.179 e. The van der Waals surface area contributed by atoms with Crippen LogP contribution in [0.4, 0.5) is 5.82 Å². The Morgan fingerprint density at radius 2 is 1.67 bits per heavy atom. The number of pyridine rings is 1. The molecule has 1 saturated heterocycles. The molecule has 0 saturated carbocycles. The summed E-state index contributed by atoms with van der Waals surface area (Å²) in [6.45, 7) is 9.16. The molecule has 0 radical (unpaired) electrons. The summed E-state index contributed by atoms with van der Waals surface area (Å²) in [5.74, 6) is 0.409. The molecule has 0 bridgehead atoms. The van der Waals surface area contributed by atoms with Crippen molar-refractivity contribution in [3.8, 4) is 0 Å². The summed E-state index contributed by atoms with van der Waals surface area (Å²) in [7, 11) is -3.32. The Morgan fingerprint density at radius 1 is 1.00 bits per heavy atom. The van der Waals surface area contributed by atoms with Crippen molar-refractivity contribution in [3.05, 3.63) is 53.7 Å². The SMILES string of the molecule is CCN1CCN(Cc2ccccc2CNc2ncccc2S(C)(=O)=O)CC1. The monoisotopic (exact) mass is 388 g/mol. The molecule has 1 aliphatic heterocycles. The standard InChI is InChI=1S/C20H28N4O2S/c1-3-23-11-13-24(14-12-23)16-18-8-5-4-7-17(18)15-22-20-19(27(2,25)26)9-6-10-21-20/h4-10H,3,11-16H2,1-2H3,(H,21,22). The van der Waals surface area contributed by atoms with Gasteiger partial charge in [-0.3, -0.25) is 4.90 Å². The molecule has 7 heteroatoms. The zero-order chi connectivity index (χ0) is 19.3. The minimum atomic E-state index is -3.32. The average Bonchev–Trinajstić information content (AvgIpc) is 2.67. The lowest BCUT2D eigenvalue weighted by Crippen LogP contribution is -2.45. The van der Waals surface area contributed by atoms with Crippen LogP contribution in [0.3, 0.4) is 0 Å². The van der Waals surface area contributed by atoms with E-state index in [0.29, 0.717) is 12.4 Å². The van der Waals surface area contributed by atoms with E-state index >= 15 is 0 Å². The summed E-state index contributed by atoms with van der Waals surface area (Å²) in [4.78, 5) is 9.40. The maximum Gasteiger partial charge on any atom is 0.179 e. The first-order valence-electron chi connectivity index (χ1n) is 9.38. The molecular weight excluding hydrogens is 360 g/mol. The predicted octanol–water partition coefficient (Wildman–Crippen LogP) is 2.23. The van der Waals surface area contributed by atoms with Crippen molar-refractivity contribution >= 4 is 15.7 Å². The van der Waals surface area contributed by atoms with Gasteiger partial charge in [-0.2, -0.15) is 0 Å². The summed E-state index contributed by atoms with van der Waals surface area (Å²) in [6.07, 6.45) is 2.81. The lowest BCUT2D eigenvalue weighted by Gasteiger charge is -2.34. The molecule has 6 nitrogen and oxygen atoms in total. The molecule has 2 aromatic rings. The molecule has 0 unspecified atom stereocenters. The molecule has 0 aliphatic carbocycles. The Bertz CT molecular complexity index is 862. The van der Waals surface area contributed by atoms with Crippen LogP contribution in [0.2, 0.25) is 0 Å². The Hall–Kier alpha value is -1.96. The van der Waals surface area contributed by atoms with E-state index in [9.17, 15) is 8.42 Å². The van der Waals surface area contributed by atoms with Crippen LogP contribution in [-0.2, 0) is 22.9 Å². The van der Waals surface area contributed by atoms with Crippen LogP contribution in [0.25, 0.3) is 0 Å². The van der Waals surface area contributed by atoms with Crippen molar-refractivity contribution in [2.45, 2.75) is 24.9 Å². The van der Waals surface area contributed by atoms with Gasteiger partial charge in [0.25, 0.3) is 0 Å². The summed E-state index contributed by atoms with van der Waals surface area (Å²) >= 11 is 0. The minimum absolute atomic E-state index is 0.234. The summed E-state index contributed by atoms with van der Waals surface area (Å²) in [5.41, 5.74) is 2.44. The number of hydrogen-bond acceptors (Lipinski definition) is 6.